The molecule has 5 heteroatoms. The van der Waals surface area contributed by atoms with Gasteiger partial charge in [0.25, 0.3) is 0 Å². The Kier molecular flexibility index (Phi) is 4.41. The molecule has 104 valence electrons. The normalized spacial score (nSPS) is 14.1. The number of aryl methyl sites for hydroxylation is 1. The predicted molar refractivity (Wildman–Crippen MR) is 88.7 cm³/mol. The number of carbonyl (C=O) groups excluding carboxylic acids is 1. The third kappa shape index (κ3) is 2.91. The Balaban J connectivity index is 1.84. The molecule has 1 aromatic heterocycles. The zero-order valence-corrected chi connectivity index (χ0v) is 13.8. The van der Waals surface area contributed by atoms with Crippen LogP contribution in [0.1, 0.15) is 25.7 Å². The second-order valence-corrected chi connectivity index (χ2v) is 7.72. The van der Waals surface area contributed by atoms with Gasteiger partial charge in [0.05, 0.1) is 4.88 Å². The lowest BCUT2D eigenvalue weighted by molar-refractivity contribution is 0.0997. The quantitative estimate of drug-likeness (QED) is 0.706. The first-order chi connectivity index (χ1) is 9.65. The van der Waals surface area contributed by atoms with Gasteiger partial charge in [-0.05, 0) is 41.5 Å². The van der Waals surface area contributed by atoms with E-state index in [1.165, 1.54) is 10.4 Å². The van der Waals surface area contributed by atoms with Crippen molar-refractivity contribution in [2.45, 2.75) is 18.6 Å². The van der Waals surface area contributed by atoms with Crippen molar-refractivity contribution >= 4 is 52.1 Å². The number of thiophene rings is 1. The Bertz CT molecular complexity index is 620. The molecule has 1 aromatic carbocycles. The fourth-order valence-electron chi connectivity index (χ4n) is 2.23. The Morgan fingerprint density at radius 1 is 1.25 bits per heavy atom. The van der Waals surface area contributed by atoms with Crippen molar-refractivity contribution in [2.75, 3.05) is 5.75 Å². The largest absolute Gasteiger partial charge is 0.293 e. The maximum atomic E-state index is 12.4. The molecule has 3 rings (SSSR count). The van der Waals surface area contributed by atoms with Gasteiger partial charge in [0.2, 0.25) is 0 Å². The maximum Gasteiger partial charge on any atom is 0.177 e. The van der Waals surface area contributed by atoms with Crippen molar-refractivity contribution in [3.8, 4) is 0 Å². The molecular formula is C15H12Cl2OS2. The summed E-state index contributed by atoms with van der Waals surface area (Å²) in [5.74, 6) is 2.27. The Labute approximate surface area is 136 Å². The van der Waals surface area contributed by atoms with Crippen LogP contribution in [-0.2, 0) is 18.6 Å². The van der Waals surface area contributed by atoms with Crippen LogP contribution >= 0.6 is 46.3 Å². The molecule has 1 aliphatic rings. The van der Waals surface area contributed by atoms with E-state index in [0.717, 1.165) is 28.4 Å². The molecule has 0 radical (unpaired) electrons. The summed E-state index contributed by atoms with van der Waals surface area (Å²) in [6.45, 7) is 0. The number of Topliss-reactive ketones (excluding diaryl/α,β-unsaturated/α-hetero) is 1. The molecule has 0 unspecified atom stereocenters. The number of hydrogen-bond donors (Lipinski definition) is 0. The fourth-order valence-corrected chi connectivity index (χ4v) is 5.07. The summed E-state index contributed by atoms with van der Waals surface area (Å²) in [7, 11) is 0. The highest BCUT2D eigenvalue weighted by atomic mass is 35.5. The lowest BCUT2D eigenvalue weighted by Gasteiger charge is -2.08. The molecule has 1 nitrogen and oxygen atoms in total. The van der Waals surface area contributed by atoms with Gasteiger partial charge in [0.15, 0.2) is 5.78 Å². The fraction of sp³-hybridized carbons (Fsp3) is 0.267. The van der Waals surface area contributed by atoms with Crippen LogP contribution < -0.4 is 0 Å². The zero-order valence-electron chi connectivity index (χ0n) is 10.6. The van der Waals surface area contributed by atoms with Crippen molar-refractivity contribution in [1.82, 2.24) is 0 Å². The van der Waals surface area contributed by atoms with Gasteiger partial charge in [-0.15, -0.1) is 11.3 Å². The first-order valence-electron chi connectivity index (χ1n) is 6.30. The summed E-state index contributed by atoms with van der Waals surface area (Å²) >= 11 is 15.8. The molecule has 0 aliphatic carbocycles. The summed E-state index contributed by atoms with van der Waals surface area (Å²) in [5, 5.41) is 1.12. The zero-order chi connectivity index (χ0) is 14.1. The SMILES string of the molecule is O=C(Cc1c(Cl)cccc1Cl)c1cc2c(s1)CCSC2. The van der Waals surface area contributed by atoms with Crippen molar-refractivity contribution < 1.29 is 4.79 Å². The van der Waals surface area contributed by atoms with E-state index < -0.39 is 0 Å². The van der Waals surface area contributed by atoms with Crippen LogP contribution in [0.25, 0.3) is 0 Å². The highest BCUT2D eigenvalue weighted by Gasteiger charge is 2.19. The van der Waals surface area contributed by atoms with Crippen molar-refractivity contribution in [2.24, 2.45) is 0 Å². The van der Waals surface area contributed by atoms with E-state index in [4.69, 9.17) is 23.2 Å². The summed E-state index contributed by atoms with van der Waals surface area (Å²) in [6, 6.07) is 7.37. The van der Waals surface area contributed by atoms with E-state index in [1.54, 1.807) is 29.5 Å². The average molecular weight is 343 g/mol. The van der Waals surface area contributed by atoms with Crippen molar-refractivity contribution in [3.05, 3.63) is 55.2 Å². The molecule has 1 aliphatic heterocycles. The molecule has 0 spiro atoms. The van der Waals surface area contributed by atoms with Crippen LogP contribution in [0.4, 0.5) is 0 Å². The minimum atomic E-state index is 0.101. The lowest BCUT2D eigenvalue weighted by atomic mass is 10.1. The highest BCUT2D eigenvalue weighted by Crippen LogP contribution is 2.33. The van der Waals surface area contributed by atoms with E-state index in [0.29, 0.717) is 10.0 Å². The second kappa shape index (κ2) is 6.10. The van der Waals surface area contributed by atoms with Gasteiger partial charge in [0.1, 0.15) is 0 Å². The third-order valence-electron chi connectivity index (χ3n) is 3.30. The standard InChI is InChI=1S/C15H12Cl2OS2/c16-11-2-1-3-12(17)10(11)7-13(18)15-6-9-8-19-5-4-14(9)20-15/h1-3,6H,4-5,7-8H2. The Morgan fingerprint density at radius 3 is 2.70 bits per heavy atom. The Morgan fingerprint density at radius 2 is 2.00 bits per heavy atom. The van der Waals surface area contributed by atoms with Gasteiger partial charge in [-0.25, -0.2) is 0 Å². The van der Waals surface area contributed by atoms with E-state index in [9.17, 15) is 4.79 Å². The summed E-state index contributed by atoms with van der Waals surface area (Å²) < 4.78 is 0. The number of fused-ring (bicyclic) bond motifs is 1. The second-order valence-electron chi connectivity index (χ2n) is 4.66. The maximum absolute atomic E-state index is 12.4. The average Bonchev–Trinajstić information content (AvgIpc) is 2.87. The first kappa shape index (κ1) is 14.5. The third-order valence-corrected chi connectivity index (χ3v) is 6.30. The van der Waals surface area contributed by atoms with Gasteiger partial charge in [-0.2, -0.15) is 11.8 Å². The van der Waals surface area contributed by atoms with Crippen LogP contribution in [0.5, 0.6) is 0 Å². The monoisotopic (exact) mass is 342 g/mol. The van der Waals surface area contributed by atoms with E-state index in [1.807, 2.05) is 17.8 Å². The lowest BCUT2D eigenvalue weighted by Crippen LogP contribution is -2.02. The van der Waals surface area contributed by atoms with Gasteiger partial charge in [-0.1, -0.05) is 29.3 Å². The smallest absolute Gasteiger partial charge is 0.177 e. The molecule has 0 amide bonds. The number of thioether (sulfide) groups is 1. The highest BCUT2D eigenvalue weighted by molar-refractivity contribution is 7.98. The number of ketones is 1. The Hall–Kier alpha value is -0.480. The van der Waals surface area contributed by atoms with E-state index in [2.05, 4.69) is 0 Å². The number of rotatable bonds is 3. The van der Waals surface area contributed by atoms with Gasteiger partial charge >= 0.3 is 0 Å². The van der Waals surface area contributed by atoms with Gasteiger partial charge in [0, 0.05) is 27.1 Å². The van der Waals surface area contributed by atoms with Crippen LogP contribution in [-0.4, -0.2) is 11.5 Å². The molecule has 20 heavy (non-hydrogen) atoms. The molecule has 0 saturated heterocycles. The first-order valence-corrected chi connectivity index (χ1v) is 9.03. The van der Waals surface area contributed by atoms with E-state index >= 15 is 0 Å². The number of hydrogen-bond acceptors (Lipinski definition) is 3. The van der Waals surface area contributed by atoms with Crippen LogP contribution in [0.3, 0.4) is 0 Å². The van der Waals surface area contributed by atoms with Crippen LogP contribution in [0.2, 0.25) is 10.0 Å². The minimum absolute atomic E-state index is 0.101. The van der Waals surface area contributed by atoms with Crippen LogP contribution in [0.15, 0.2) is 24.3 Å². The summed E-state index contributed by atoms with van der Waals surface area (Å²) in [4.78, 5) is 14.6. The minimum Gasteiger partial charge on any atom is -0.293 e. The summed E-state index contributed by atoms with van der Waals surface area (Å²) in [5.41, 5.74) is 2.04. The number of halogens is 2. The van der Waals surface area contributed by atoms with Crippen LogP contribution in [0, 0.1) is 0 Å². The predicted octanol–water partition coefficient (Wildman–Crippen LogP) is 5.27. The van der Waals surface area contributed by atoms with Gasteiger partial charge < -0.3 is 0 Å². The molecule has 0 fully saturated rings. The molecule has 2 aromatic rings. The molecular weight excluding hydrogens is 331 g/mol. The van der Waals surface area contributed by atoms with Crippen molar-refractivity contribution in [3.63, 3.8) is 0 Å². The van der Waals surface area contributed by atoms with Crippen molar-refractivity contribution in [1.29, 1.82) is 0 Å². The van der Waals surface area contributed by atoms with Gasteiger partial charge in [-0.3, -0.25) is 4.79 Å². The van der Waals surface area contributed by atoms with E-state index in [-0.39, 0.29) is 12.2 Å². The number of carbonyl (C=O) groups is 1. The number of benzene rings is 1. The molecule has 2 heterocycles. The molecule has 0 saturated carbocycles. The molecule has 0 N–H and O–H groups in total. The molecule has 0 bridgehead atoms. The summed E-state index contributed by atoms with van der Waals surface area (Å²) in [6.07, 6.45) is 1.34. The topological polar surface area (TPSA) is 17.1 Å². The molecule has 0 atom stereocenters.